The van der Waals surface area contributed by atoms with Gasteiger partial charge < -0.3 is 15.0 Å². The maximum atomic E-state index is 5.72. The van der Waals surface area contributed by atoms with E-state index in [1.165, 1.54) is 12.0 Å². The molecule has 1 N–H and O–H groups in total. The Morgan fingerprint density at radius 3 is 2.29 bits per heavy atom. The zero-order chi connectivity index (χ0) is 15.7. The molecule has 1 rings (SSSR count). The lowest BCUT2D eigenvalue weighted by molar-refractivity contribution is 0.242. The lowest BCUT2D eigenvalue weighted by atomic mass is 10.1. The van der Waals surface area contributed by atoms with Crippen LogP contribution in [0.25, 0.3) is 0 Å². The molecule has 0 amide bonds. The van der Waals surface area contributed by atoms with Crippen LogP contribution in [0.5, 0.6) is 5.75 Å². The third-order valence-electron chi connectivity index (χ3n) is 3.39. The number of hydrogen-bond acceptors (Lipinski definition) is 3. The molecule has 0 aliphatic heterocycles. The van der Waals surface area contributed by atoms with Gasteiger partial charge in [-0.15, -0.1) is 0 Å². The van der Waals surface area contributed by atoms with E-state index in [1.807, 2.05) is 0 Å². The summed E-state index contributed by atoms with van der Waals surface area (Å²) in [6.45, 7) is 11.8. The van der Waals surface area contributed by atoms with Crippen molar-refractivity contribution in [2.45, 2.75) is 52.7 Å². The van der Waals surface area contributed by atoms with Crippen molar-refractivity contribution in [2.75, 3.05) is 26.7 Å². The maximum absolute atomic E-state index is 5.72. The van der Waals surface area contributed by atoms with Crippen molar-refractivity contribution in [2.24, 2.45) is 0 Å². The summed E-state index contributed by atoms with van der Waals surface area (Å²) in [5, 5.41) is 3.65. The molecule has 0 bridgehead atoms. The molecule has 1 atom stereocenters. The second-order valence-corrected chi connectivity index (χ2v) is 6.00. The van der Waals surface area contributed by atoms with Crippen LogP contribution < -0.4 is 10.1 Å². The van der Waals surface area contributed by atoms with Gasteiger partial charge in [0, 0.05) is 12.6 Å². The molecule has 0 spiro atoms. The summed E-state index contributed by atoms with van der Waals surface area (Å²) in [5.74, 6) is 0.949. The molecule has 0 radical (unpaired) electrons. The van der Waals surface area contributed by atoms with Crippen LogP contribution in [0.4, 0.5) is 0 Å². The van der Waals surface area contributed by atoms with E-state index in [0.29, 0.717) is 6.04 Å². The molecule has 0 aromatic heterocycles. The third-order valence-corrected chi connectivity index (χ3v) is 3.39. The lowest BCUT2D eigenvalue weighted by Gasteiger charge is -2.25. The van der Waals surface area contributed by atoms with Gasteiger partial charge in [-0.1, -0.05) is 26.0 Å². The van der Waals surface area contributed by atoms with Crippen LogP contribution in [0.1, 0.15) is 52.1 Å². The zero-order valence-corrected chi connectivity index (χ0v) is 14.4. The van der Waals surface area contributed by atoms with E-state index in [2.05, 4.69) is 69.2 Å². The van der Waals surface area contributed by atoms with Crippen molar-refractivity contribution < 1.29 is 4.74 Å². The van der Waals surface area contributed by atoms with Crippen molar-refractivity contribution >= 4 is 0 Å². The van der Waals surface area contributed by atoms with Gasteiger partial charge in [0.25, 0.3) is 0 Å². The summed E-state index contributed by atoms with van der Waals surface area (Å²) in [6.07, 6.45) is 2.57. The van der Waals surface area contributed by atoms with Gasteiger partial charge in [-0.25, -0.2) is 0 Å². The maximum Gasteiger partial charge on any atom is 0.119 e. The topological polar surface area (TPSA) is 24.5 Å². The molecular formula is C18H32N2O. The number of ether oxygens (including phenoxy) is 1. The second-order valence-electron chi connectivity index (χ2n) is 6.00. The fourth-order valence-corrected chi connectivity index (χ4v) is 2.44. The van der Waals surface area contributed by atoms with Gasteiger partial charge in [-0.3, -0.25) is 0 Å². The average Bonchev–Trinajstić information content (AvgIpc) is 2.44. The highest BCUT2D eigenvalue weighted by molar-refractivity contribution is 5.29. The number of nitrogens with zero attached hydrogens (tertiary/aromatic N) is 1. The Hall–Kier alpha value is -1.06. The quantitative estimate of drug-likeness (QED) is 0.709. The molecule has 0 aliphatic carbocycles. The molecular weight excluding hydrogens is 260 g/mol. The monoisotopic (exact) mass is 292 g/mol. The predicted octanol–water partition coefficient (Wildman–Crippen LogP) is 3.86. The van der Waals surface area contributed by atoms with E-state index in [-0.39, 0.29) is 6.10 Å². The van der Waals surface area contributed by atoms with E-state index in [0.717, 1.165) is 31.8 Å². The van der Waals surface area contributed by atoms with E-state index in [1.54, 1.807) is 0 Å². The molecule has 3 heteroatoms. The minimum absolute atomic E-state index is 0.223. The summed E-state index contributed by atoms with van der Waals surface area (Å²) >= 11 is 0. The van der Waals surface area contributed by atoms with Crippen LogP contribution in [0, 0.1) is 0 Å². The number of likely N-dealkylation sites (N-methyl/N-ethyl adjacent to an activating group) is 1. The zero-order valence-electron chi connectivity index (χ0n) is 14.4. The molecule has 1 aromatic carbocycles. The predicted molar refractivity (Wildman–Crippen MR) is 91.0 cm³/mol. The summed E-state index contributed by atoms with van der Waals surface area (Å²) in [5.41, 5.74) is 1.34. The Labute approximate surface area is 130 Å². The Kier molecular flexibility index (Phi) is 8.40. The minimum atomic E-state index is 0.223. The average molecular weight is 292 g/mol. The Morgan fingerprint density at radius 1 is 1.10 bits per heavy atom. The Morgan fingerprint density at radius 2 is 1.76 bits per heavy atom. The first-order valence-electron chi connectivity index (χ1n) is 8.25. The molecule has 1 unspecified atom stereocenters. The van der Waals surface area contributed by atoms with E-state index in [4.69, 9.17) is 4.74 Å². The van der Waals surface area contributed by atoms with Gasteiger partial charge in [0.2, 0.25) is 0 Å². The summed E-state index contributed by atoms with van der Waals surface area (Å²) in [7, 11) is 2.19. The highest BCUT2D eigenvalue weighted by Gasteiger charge is 2.13. The van der Waals surface area contributed by atoms with Gasteiger partial charge in [-0.2, -0.15) is 0 Å². The van der Waals surface area contributed by atoms with Gasteiger partial charge in [0.05, 0.1) is 6.10 Å². The van der Waals surface area contributed by atoms with Crippen LogP contribution in [0.3, 0.4) is 0 Å². The van der Waals surface area contributed by atoms with Gasteiger partial charge in [0.15, 0.2) is 0 Å². The minimum Gasteiger partial charge on any atom is -0.491 e. The highest BCUT2D eigenvalue weighted by atomic mass is 16.5. The summed E-state index contributed by atoms with van der Waals surface area (Å²) in [6, 6.07) is 8.91. The van der Waals surface area contributed by atoms with E-state index in [9.17, 15) is 0 Å². The van der Waals surface area contributed by atoms with Crippen LogP contribution in [0.2, 0.25) is 0 Å². The summed E-state index contributed by atoms with van der Waals surface area (Å²) in [4.78, 5) is 2.39. The first-order valence-corrected chi connectivity index (χ1v) is 8.25. The molecule has 0 fully saturated rings. The molecule has 0 saturated heterocycles. The van der Waals surface area contributed by atoms with E-state index >= 15 is 0 Å². The lowest BCUT2D eigenvalue weighted by Crippen LogP contribution is -2.33. The second kappa shape index (κ2) is 9.80. The van der Waals surface area contributed by atoms with Crippen LogP contribution in [0.15, 0.2) is 24.3 Å². The number of rotatable bonds is 10. The Bertz CT molecular complexity index is 375. The Balaban J connectivity index is 2.72. The number of benzene rings is 1. The van der Waals surface area contributed by atoms with Crippen LogP contribution in [-0.2, 0) is 0 Å². The number of hydrogen-bond donors (Lipinski definition) is 1. The third kappa shape index (κ3) is 6.96. The summed E-state index contributed by atoms with van der Waals surface area (Å²) < 4.78 is 5.72. The van der Waals surface area contributed by atoms with Crippen LogP contribution >= 0.6 is 0 Å². The molecule has 120 valence electrons. The van der Waals surface area contributed by atoms with Crippen molar-refractivity contribution in [3.63, 3.8) is 0 Å². The molecule has 21 heavy (non-hydrogen) atoms. The van der Waals surface area contributed by atoms with Crippen molar-refractivity contribution in [3.8, 4) is 5.75 Å². The molecule has 0 saturated carbocycles. The van der Waals surface area contributed by atoms with Gasteiger partial charge >= 0.3 is 0 Å². The standard InChI is InChI=1S/C18H32N2O/c1-6-12-19-18(14-20(5)13-7-2)16-8-10-17(11-9-16)21-15(3)4/h8-11,15,18-19H,6-7,12-14H2,1-5H3. The van der Waals surface area contributed by atoms with Crippen LogP contribution in [-0.4, -0.2) is 37.7 Å². The first kappa shape index (κ1) is 18.0. The van der Waals surface area contributed by atoms with E-state index < -0.39 is 0 Å². The normalized spacial score (nSPS) is 12.9. The van der Waals surface area contributed by atoms with Crippen molar-refractivity contribution in [1.29, 1.82) is 0 Å². The number of nitrogens with one attached hydrogen (secondary N) is 1. The smallest absolute Gasteiger partial charge is 0.119 e. The molecule has 3 nitrogen and oxygen atoms in total. The molecule has 0 aliphatic rings. The fourth-order valence-electron chi connectivity index (χ4n) is 2.44. The van der Waals surface area contributed by atoms with Gasteiger partial charge in [0.1, 0.15) is 5.75 Å². The largest absolute Gasteiger partial charge is 0.491 e. The fraction of sp³-hybridized carbons (Fsp3) is 0.667. The molecule has 1 aromatic rings. The van der Waals surface area contributed by atoms with Crippen molar-refractivity contribution in [3.05, 3.63) is 29.8 Å². The first-order chi connectivity index (χ1) is 10.1. The van der Waals surface area contributed by atoms with Gasteiger partial charge in [-0.05, 0) is 64.5 Å². The SMILES string of the molecule is CCCNC(CN(C)CCC)c1ccc(OC(C)C)cc1. The van der Waals surface area contributed by atoms with Crippen molar-refractivity contribution in [1.82, 2.24) is 10.2 Å². The highest BCUT2D eigenvalue weighted by Crippen LogP contribution is 2.19. The molecule has 0 heterocycles.